The van der Waals surface area contributed by atoms with Gasteiger partial charge in [-0.3, -0.25) is 0 Å². The van der Waals surface area contributed by atoms with Gasteiger partial charge in [0, 0.05) is 23.8 Å². The highest BCUT2D eigenvalue weighted by atomic mass is 16.5. The Balaban J connectivity index is 2.22. The largest absolute Gasteiger partial charge is 0.492 e. The lowest BCUT2D eigenvalue weighted by Crippen LogP contribution is -2.01. The van der Waals surface area contributed by atoms with Gasteiger partial charge in [-0.05, 0) is 34.9 Å². The maximum absolute atomic E-state index is 8.97. The van der Waals surface area contributed by atoms with Gasteiger partial charge < -0.3 is 9.84 Å². The number of aliphatic hydroxyl groups is 1. The molecule has 1 N–H and O–H groups in total. The minimum absolute atomic E-state index is 0.156. The molecule has 3 aromatic carbocycles. The lowest BCUT2D eigenvalue weighted by atomic mass is 9.99. The molecule has 0 aliphatic carbocycles. The Hall–Kier alpha value is -2.06. The molecule has 0 aromatic heterocycles. The van der Waals surface area contributed by atoms with E-state index in [4.69, 9.17) is 9.84 Å². The van der Waals surface area contributed by atoms with Crippen molar-refractivity contribution in [3.05, 3.63) is 54.1 Å². The van der Waals surface area contributed by atoms with E-state index in [0.717, 1.165) is 22.9 Å². The molecule has 0 fully saturated rings. The van der Waals surface area contributed by atoms with Crippen LogP contribution in [0.5, 0.6) is 5.75 Å². The molecule has 0 amide bonds. The lowest BCUT2D eigenvalue weighted by Gasteiger charge is -2.13. The SMILES string of the molecule is CCc1ccc2cc3ccccc3c(OCCCO)c2c1. The number of aryl methyl sites for hydroxylation is 1. The molecule has 0 saturated carbocycles. The summed E-state index contributed by atoms with van der Waals surface area (Å²) in [6.07, 6.45) is 1.66. The van der Waals surface area contributed by atoms with Crippen molar-refractivity contribution in [2.45, 2.75) is 19.8 Å². The Kier molecular flexibility index (Phi) is 4.07. The summed E-state index contributed by atoms with van der Waals surface area (Å²) in [7, 11) is 0. The number of aliphatic hydroxyl groups excluding tert-OH is 1. The Morgan fingerprint density at radius 1 is 0.952 bits per heavy atom. The number of fused-ring (bicyclic) bond motifs is 2. The first-order valence-electron chi connectivity index (χ1n) is 7.51. The second kappa shape index (κ2) is 6.15. The molecular weight excluding hydrogens is 260 g/mol. The van der Waals surface area contributed by atoms with Crippen LogP contribution in [0, 0.1) is 0 Å². The average Bonchev–Trinajstić information content (AvgIpc) is 2.54. The standard InChI is InChI=1S/C19H20O2/c1-2-14-8-9-16-13-15-6-3-4-7-17(15)19(18(16)12-14)21-11-5-10-20/h3-4,6-9,12-13,20H,2,5,10-11H2,1H3. The summed E-state index contributed by atoms with van der Waals surface area (Å²) < 4.78 is 6.01. The zero-order valence-electron chi connectivity index (χ0n) is 12.3. The first-order valence-corrected chi connectivity index (χ1v) is 7.51. The van der Waals surface area contributed by atoms with Gasteiger partial charge >= 0.3 is 0 Å². The van der Waals surface area contributed by atoms with Crippen LogP contribution in [-0.4, -0.2) is 18.3 Å². The third-order valence-electron chi connectivity index (χ3n) is 3.84. The van der Waals surface area contributed by atoms with Crippen LogP contribution in [0.2, 0.25) is 0 Å². The number of ether oxygens (including phenoxy) is 1. The van der Waals surface area contributed by atoms with Crippen molar-refractivity contribution in [3.63, 3.8) is 0 Å². The topological polar surface area (TPSA) is 29.5 Å². The molecule has 0 heterocycles. The van der Waals surface area contributed by atoms with Crippen LogP contribution in [0.1, 0.15) is 18.9 Å². The zero-order valence-corrected chi connectivity index (χ0v) is 12.3. The molecular formula is C19H20O2. The molecule has 0 aliphatic heterocycles. The van der Waals surface area contributed by atoms with Gasteiger partial charge in [0.2, 0.25) is 0 Å². The molecule has 21 heavy (non-hydrogen) atoms. The van der Waals surface area contributed by atoms with E-state index >= 15 is 0 Å². The average molecular weight is 280 g/mol. The van der Waals surface area contributed by atoms with Crippen molar-refractivity contribution in [2.75, 3.05) is 13.2 Å². The van der Waals surface area contributed by atoms with Gasteiger partial charge in [-0.25, -0.2) is 0 Å². The fourth-order valence-corrected chi connectivity index (χ4v) is 2.68. The van der Waals surface area contributed by atoms with E-state index < -0.39 is 0 Å². The van der Waals surface area contributed by atoms with Crippen LogP contribution in [0.15, 0.2) is 48.5 Å². The van der Waals surface area contributed by atoms with Gasteiger partial charge in [-0.2, -0.15) is 0 Å². The molecule has 2 nitrogen and oxygen atoms in total. The minimum Gasteiger partial charge on any atom is -0.492 e. The molecule has 2 heteroatoms. The molecule has 0 atom stereocenters. The number of rotatable bonds is 5. The van der Waals surface area contributed by atoms with Crippen LogP contribution >= 0.6 is 0 Å². The number of hydrogen-bond acceptors (Lipinski definition) is 2. The molecule has 3 aromatic rings. The normalized spacial score (nSPS) is 11.1. The van der Waals surface area contributed by atoms with Crippen LogP contribution < -0.4 is 4.74 Å². The molecule has 0 spiro atoms. The maximum Gasteiger partial charge on any atom is 0.134 e. The van der Waals surface area contributed by atoms with Crippen LogP contribution in [0.3, 0.4) is 0 Å². The van der Waals surface area contributed by atoms with Crippen molar-refractivity contribution >= 4 is 21.5 Å². The minimum atomic E-state index is 0.156. The van der Waals surface area contributed by atoms with Gasteiger partial charge in [-0.1, -0.05) is 43.3 Å². The first-order chi connectivity index (χ1) is 10.3. The van der Waals surface area contributed by atoms with Gasteiger partial charge in [0.25, 0.3) is 0 Å². The summed E-state index contributed by atoms with van der Waals surface area (Å²) in [4.78, 5) is 0. The van der Waals surface area contributed by atoms with Crippen LogP contribution in [0.25, 0.3) is 21.5 Å². The Morgan fingerprint density at radius 3 is 2.57 bits per heavy atom. The van der Waals surface area contributed by atoms with Gasteiger partial charge in [0.1, 0.15) is 5.75 Å². The second-order valence-corrected chi connectivity index (χ2v) is 5.26. The molecule has 108 valence electrons. The van der Waals surface area contributed by atoms with Crippen LogP contribution in [0.4, 0.5) is 0 Å². The van der Waals surface area contributed by atoms with Gasteiger partial charge in [0.05, 0.1) is 6.61 Å². The summed E-state index contributed by atoms with van der Waals surface area (Å²) in [5.41, 5.74) is 1.31. The molecule has 0 saturated heterocycles. The van der Waals surface area contributed by atoms with E-state index in [2.05, 4.69) is 43.3 Å². The molecule has 3 rings (SSSR count). The van der Waals surface area contributed by atoms with Crippen LogP contribution in [-0.2, 0) is 6.42 Å². The monoisotopic (exact) mass is 280 g/mol. The van der Waals surface area contributed by atoms with Crippen molar-refractivity contribution in [3.8, 4) is 5.75 Å². The van der Waals surface area contributed by atoms with E-state index in [0.29, 0.717) is 13.0 Å². The molecule has 0 unspecified atom stereocenters. The number of hydrogen-bond donors (Lipinski definition) is 1. The van der Waals surface area contributed by atoms with E-state index in [1.807, 2.05) is 12.1 Å². The highest BCUT2D eigenvalue weighted by Gasteiger charge is 2.09. The molecule has 0 bridgehead atoms. The summed E-state index contributed by atoms with van der Waals surface area (Å²) >= 11 is 0. The predicted molar refractivity (Wildman–Crippen MR) is 88.0 cm³/mol. The summed E-state index contributed by atoms with van der Waals surface area (Å²) in [6, 6.07) is 17.1. The fourth-order valence-electron chi connectivity index (χ4n) is 2.68. The third kappa shape index (κ3) is 2.72. The first kappa shape index (κ1) is 13.9. The molecule has 0 radical (unpaired) electrons. The van der Waals surface area contributed by atoms with Crippen molar-refractivity contribution in [2.24, 2.45) is 0 Å². The van der Waals surface area contributed by atoms with Gasteiger partial charge in [-0.15, -0.1) is 0 Å². The number of benzene rings is 3. The fraction of sp³-hybridized carbons (Fsp3) is 0.263. The summed E-state index contributed by atoms with van der Waals surface area (Å²) in [5, 5.41) is 13.7. The summed E-state index contributed by atoms with van der Waals surface area (Å²) in [5.74, 6) is 0.937. The highest BCUT2D eigenvalue weighted by Crippen LogP contribution is 2.35. The quantitative estimate of drug-likeness (QED) is 0.557. The van der Waals surface area contributed by atoms with E-state index in [1.54, 1.807) is 0 Å². The third-order valence-corrected chi connectivity index (χ3v) is 3.84. The predicted octanol–water partition coefficient (Wildman–Crippen LogP) is 4.32. The lowest BCUT2D eigenvalue weighted by molar-refractivity contribution is 0.236. The molecule has 0 aliphatic rings. The maximum atomic E-state index is 8.97. The van der Waals surface area contributed by atoms with E-state index in [9.17, 15) is 0 Å². The van der Waals surface area contributed by atoms with E-state index in [1.165, 1.54) is 16.3 Å². The van der Waals surface area contributed by atoms with E-state index in [-0.39, 0.29) is 6.61 Å². The Labute approximate surface area is 125 Å². The second-order valence-electron chi connectivity index (χ2n) is 5.26. The van der Waals surface area contributed by atoms with Gasteiger partial charge in [0.15, 0.2) is 0 Å². The Morgan fingerprint density at radius 2 is 1.76 bits per heavy atom. The highest BCUT2D eigenvalue weighted by molar-refractivity contribution is 6.05. The van der Waals surface area contributed by atoms with Crippen molar-refractivity contribution in [1.82, 2.24) is 0 Å². The zero-order chi connectivity index (χ0) is 14.7. The summed E-state index contributed by atoms with van der Waals surface area (Å²) in [6.45, 7) is 2.85. The smallest absolute Gasteiger partial charge is 0.134 e. The van der Waals surface area contributed by atoms with Crippen molar-refractivity contribution < 1.29 is 9.84 Å². The van der Waals surface area contributed by atoms with Crippen molar-refractivity contribution in [1.29, 1.82) is 0 Å². The Bertz CT molecular complexity index is 762.